The Morgan fingerprint density at radius 1 is 1.18 bits per heavy atom. The molecule has 0 fully saturated rings. The third-order valence-corrected chi connectivity index (χ3v) is 3.83. The Bertz CT molecular complexity index is 636. The highest BCUT2D eigenvalue weighted by molar-refractivity contribution is 7.11. The minimum absolute atomic E-state index is 0.250. The average Bonchev–Trinajstić information content (AvgIpc) is 2.77. The van der Waals surface area contributed by atoms with Crippen molar-refractivity contribution >= 4 is 11.3 Å². The van der Waals surface area contributed by atoms with Crippen molar-refractivity contribution in [1.29, 1.82) is 0 Å². The third kappa shape index (κ3) is 2.39. The fraction of sp³-hybridized carbons (Fsp3) is 0.333. The first-order chi connectivity index (χ1) is 8.11. The highest BCUT2D eigenvalue weighted by Crippen LogP contribution is 2.16. The van der Waals surface area contributed by atoms with Gasteiger partial charge < -0.3 is 4.57 Å². The van der Waals surface area contributed by atoms with Gasteiger partial charge >= 0.3 is 5.69 Å². The summed E-state index contributed by atoms with van der Waals surface area (Å²) in [5.41, 5.74) is -0.525. The van der Waals surface area contributed by atoms with Gasteiger partial charge in [-0.25, -0.2) is 4.79 Å². The lowest BCUT2D eigenvalue weighted by atomic mass is 10.3. The summed E-state index contributed by atoms with van der Waals surface area (Å²) in [5.74, 6) is 0. The molecule has 0 unspecified atom stereocenters. The van der Waals surface area contributed by atoms with Crippen molar-refractivity contribution in [3.8, 4) is 0 Å². The molecule has 0 bridgehead atoms. The molecule has 5 heteroatoms. The second-order valence-electron chi connectivity index (χ2n) is 3.86. The molecule has 0 aliphatic heterocycles. The molecule has 0 atom stereocenters. The van der Waals surface area contributed by atoms with Crippen molar-refractivity contribution in [1.82, 2.24) is 9.13 Å². The van der Waals surface area contributed by atoms with Crippen LogP contribution in [0.15, 0.2) is 34.0 Å². The van der Waals surface area contributed by atoms with Gasteiger partial charge in [0.05, 0.1) is 6.54 Å². The van der Waals surface area contributed by atoms with E-state index in [2.05, 4.69) is 6.92 Å². The van der Waals surface area contributed by atoms with E-state index in [9.17, 15) is 9.59 Å². The predicted octanol–water partition coefficient (Wildman–Crippen LogP) is 1.22. The van der Waals surface area contributed by atoms with E-state index in [0.717, 1.165) is 11.3 Å². The van der Waals surface area contributed by atoms with E-state index < -0.39 is 0 Å². The summed E-state index contributed by atoms with van der Waals surface area (Å²) in [6.07, 6.45) is 2.47. The monoisotopic (exact) mass is 250 g/mol. The highest BCUT2D eigenvalue weighted by Gasteiger charge is 2.05. The van der Waals surface area contributed by atoms with Gasteiger partial charge in [0.1, 0.15) is 0 Å². The summed E-state index contributed by atoms with van der Waals surface area (Å²) < 4.78 is 2.67. The summed E-state index contributed by atoms with van der Waals surface area (Å²) in [6, 6.07) is 5.43. The van der Waals surface area contributed by atoms with Crippen molar-refractivity contribution in [2.45, 2.75) is 19.9 Å². The largest absolute Gasteiger partial charge is 0.331 e. The number of aromatic nitrogens is 2. The zero-order valence-corrected chi connectivity index (χ0v) is 10.7. The summed E-state index contributed by atoms with van der Waals surface area (Å²) in [6.45, 7) is 2.44. The molecule has 2 aromatic heterocycles. The van der Waals surface area contributed by atoms with E-state index in [1.165, 1.54) is 26.3 Å². The third-order valence-electron chi connectivity index (χ3n) is 2.62. The maximum Gasteiger partial charge on any atom is 0.331 e. The van der Waals surface area contributed by atoms with Crippen LogP contribution in [0.4, 0.5) is 0 Å². The van der Waals surface area contributed by atoms with Crippen molar-refractivity contribution < 1.29 is 0 Å². The molecule has 2 rings (SSSR count). The number of nitrogens with zero attached hydrogens (tertiary/aromatic N) is 2. The van der Waals surface area contributed by atoms with Gasteiger partial charge in [0, 0.05) is 29.1 Å². The fourth-order valence-corrected chi connectivity index (χ4v) is 2.56. The topological polar surface area (TPSA) is 44.0 Å². The molecular weight excluding hydrogens is 236 g/mol. The first kappa shape index (κ1) is 11.9. The molecule has 90 valence electrons. The standard InChI is InChI=1S/C12H14N2O2S/c1-3-9-4-5-10(17-9)8-14-11(15)6-7-13(2)12(14)16/h4-7H,3,8H2,1-2H3. The molecule has 0 aliphatic carbocycles. The SMILES string of the molecule is CCc1ccc(Cn2c(=O)ccn(C)c2=O)s1. The summed E-state index contributed by atoms with van der Waals surface area (Å²) in [7, 11) is 1.64. The van der Waals surface area contributed by atoms with E-state index in [1.54, 1.807) is 18.4 Å². The van der Waals surface area contributed by atoms with E-state index in [1.807, 2.05) is 12.1 Å². The Morgan fingerprint density at radius 3 is 2.53 bits per heavy atom. The molecule has 0 saturated heterocycles. The van der Waals surface area contributed by atoms with Crippen LogP contribution in [0, 0.1) is 0 Å². The van der Waals surface area contributed by atoms with Gasteiger partial charge in [-0.05, 0) is 18.6 Å². The number of thiophene rings is 1. The highest BCUT2D eigenvalue weighted by atomic mass is 32.1. The normalized spacial score (nSPS) is 10.7. The maximum atomic E-state index is 11.8. The molecule has 0 spiro atoms. The van der Waals surface area contributed by atoms with Crippen LogP contribution in [-0.2, 0) is 20.0 Å². The second-order valence-corrected chi connectivity index (χ2v) is 5.11. The minimum atomic E-state index is -0.274. The van der Waals surface area contributed by atoms with Crippen LogP contribution >= 0.6 is 11.3 Å². The van der Waals surface area contributed by atoms with Crippen LogP contribution in [0.1, 0.15) is 16.7 Å². The van der Waals surface area contributed by atoms with E-state index in [4.69, 9.17) is 0 Å². The molecule has 0 aromatic carbocycles. The lowest BCUT2D eigenvalue weighted by molar-refractivity contribution is 0.644. The molecule has 2 heterocycles. The number of hydrogen-bond donors (Lipinski definition) is 0. The Kier molecular flexibility index (Phi) is 3.28. The lowest BCUT2D eigenvalue weighted by Gasteiger charge is -2.04. The molecule has 0 radical (unpaired) electrons. The van der Waals surface area contributed by atoms with Gasteiger partial charge in [-0.2, -0.15) is 0 Å². The van der Waals surface area contributed by atoms with E-state index in [0.29, 0.717) is 6.54 Å². The van der Waals surface area contributed by atoms with Crippen LogP contribution in [0.25, 0.3) is 0 Å². The molecule has 2 aromatic rings. The number of hydrogen-bond acceptors (Lipinski definition) is 3. The average molecular weight is 250 g/mol. The quantitative estimate of drug-likeness (QED) is 0.822. The molecule has 17 heavy (non-hydrogen) atoms. The maximum absolute atomic E-state index is 11.8. The Labute approximate surface area is 103 Å². The number of rotatable bonds is 3. The number of aryl methyl sites for hydroxylation is 2. The van der Waals surface area contributed by atoms with Gasteiger partial charge in [0.15, 0.2) is 0 Å². The van der Waals surface area contributed by atoms with Gasteiger partial charge in [-0.3, -0.25) is 9.36 Å². The zero-order valence-electron chi connectivity index (χ0n) is 9.84. The van der Waals surface area contributed by atoms with Gasteiger partial charge in [-0.1, -0.05) is 6.92 Å². The molecule has 0 N–H and O–H groups in total. The van der Waals surface area contributed by atoms with Crippen molar-refractivity contribution in [2.75, 3.05) is 0 Å². The van der Waals surface area contributed by atoms with Crippen LogP contribution in [-0.4, -0.2) is 9.13 Å². The first-order valence-corrected chi connectivity index (χ1v) is 6.27. The summed E-state index contributed by atoms with van der Waals surface area (Å²) in [5, 5.41) is 0. The second kappa shape index (κ2) is 4.71. The summed E-state index contributed by atoms with van der Waals surface area (Å²) >= 11 is 1.64. The lowest BCUT2D eigenvalue weighted by Crippen LogP contribution is -2.37. The van der Waals surface area contributed by atoms with Crippen LogP contribution in [0.2, 0.25) is 0 Å². The van der Waals surface area contributed by atoms with Crippen molar-refractivity contribution in [3.63, 3.8) is 0 Å². The van der Waals surface area contributed by atoms with Gasteiger partial charge in [0.2, 0.25) is 0 Å². The van der Waals surface area contributed by atoms with Crippen LogP contribution < -0.4 is 11.2 Å². The predicted molar refractivity (Wildman–Crippen MR) is 68.7 cm³/mol. The molecule has 4 nitrogen and oxygen atoms in total. The zero-order chi connectivity index (χ0) is 12.4. The molecule has 0 amide bonds. The Morgan fingerprint density at radius 2 is 1.88 bits per heavy atom. The Hall–Kier alpha value is -1.62. The minimum Gasteiger partial charge on any atom is -0.303 e. The van der Waals surface area contributed by atoms with E-state index >= 15 is 0 Å². The Balaban J connectivity index is 2.39. The molecular formula is C12H14N2O2S. The smallest absolute Gasteiger partial charge is 0.303 e. The van der Waals surface area contributed by atoms with Crippen LogP contribution in [0.3, 0.4) is 0 Å². The van der Waals surface area contributed by atoms with Gasteiger partial charge in [0.25, 0.3) is 5.56 Å². The fourth-order valence-electron chi connectivity index (χ4n) is 1.61. The van der Waals surface area contributed by atoms with Crippen LogP contribution in [0.5, 0.6) is 0 Å². The van der Waals surface area contributed by atoms with Crippen molar-refractivity contribution in [2.24, 2.45) is 7.05 Å². The first-order valence-electron chi connectivity index (χ1n) is 5.46. The summed E-state index contributed by atoms with van der Waals surface area (Å²) in [4.78, 5) is 25.7. The molecule has 0 aliphatic rings. The molecule has 0 saturated carbocycles. The van der Waals surface area contributed by atoms with Gasteiger partial charge in [-0.15, -0.1) is 11.3 Å². The van der Waals surface area contributed by atoms with Crippen molar-refractivity contribution in [3.05, 3.63) is 55.0 Å². The van der Waals surface area contributed by atoms with E-state index in [-0.39, 0.29) is 11.2 Å².